The third kappa shape index (κ3) is 2.88. The third-order valence-corrected chi connectivity index (χ3v) is 9.25. The fourth-order valence-electron chi connectivity index (χ4n) is 1.96. The molecule has 0 N–H and O–H groups in total. The summed E-state index contributed by atoms with van der Waals surface area (Å²) in [6.07, 6.45) is 4.66. The average Bonchev–Trinajstić information content (AvgIpc) is 2.55. The molecule has 1 aromatic rings. The van der Waals surface area contributed by atoms with E-state index in [4.69, 9.17) is 4.43 Å². The lowest BCUT2D eigenvalue weighted by Crippen LogP contribution is -2.47. The number of halogens is 1. The molecule has 0 amide bonds. The van der Waals surface area contributed by atoms with Crippen LogP contribution in [0.2, 0.25) is 18.1 Å². The number of rotatable bonds is 3. The van der Waals surface area contributed by atoms with E-state index in [2.05, 4.69) is 59.6 Å². The number of nitrogens with zero attached hydrogens (tertiary/aromatic N) is 2. The Bertz CT molecular complexity index is 419. The van der Waals surface area contributed by atoms with Crippen molar-refractivity contribution >= 4 is 24.2 Å². The molecule has 3 nitrogen and oxygen atoms in total. The molecule has 1 heterocycles. The molecule has 1 saturated carbocycles. The Balaban J connectivity index is 1.87. The molecule has 102 valence electrons. The van der Waals surface area contributed by atoms with E-state index in [9.17, 15) is 0 Å². The van der Waals surface area contributed by atoms with Crippen molar-refractivity contribution in [3.8, 4) is 0 Å². The highest BCUT2D eigenvalue weighted by atomic mass is 79.9. The molecule has 5 heteroatoms. The molecule has 18 heavy (non-hydrogen) atoms. The van der Waals surface area contributed by atoms with Crippen LogP contribution in [0, 0.1) is 0 Å². The quantitative estimate of drug-likeness (QED) is 0.769. The zero-order valence-corrected chi connectivity index (χ0v) is 14.5. The van der Waals surface area contributed by atoms with E-state index in [1.807, 2.05) is 12.3 Å². The summed E-state index contributed by atoms with van der Waals surface area (Å²) >= 11 is 3.39. The van der Waals surface area contributed by atoms with Gasteiger partial charge in [-0.25, -0.2) is 0 Å². The summed E-state index contributed by atoms with van der Waals surface area (Å²) in [6.45, 7) is 11.5. The summed E-state index contributed by atoms with van der Waals surface area (Å²) in [4.78, 5) is 0. The first-order valence-electron chi connectivity index (χ1n) is 6.57. The van der Waals surface area contributed by atoms with Gasteiger partial charge in [0.2, 0.25) is 0 Å². The molecule has 1 fully saturated rings. The van der Waals surface area contributed by atoms with E-state index in [0.29, 0.717) is 17.2 Å². The molecule has 2 rings (SSSR count). The topological polar surface area (TPSA) is 27.1 Å². The lowest BCUT2D eigenvalue weighted by Gasteiger charge is -2.44. The Kier molecular flexibility index (Phi) is 3.78. The smallest absolute Gasteiger partial charge is 0.192 e. The first-order valence-corrected chi connectivity index (χ1v) is 10.3. The lowest BCUT2D eigenvalue weighted by molar-refractivity contribution is 0.0526. The minimum absolute atomic E-state index is 0.298. The van der Waals surface area contributed by atoms with E-state index in [1.54, 1.807) is 0 Å². The maximum Gasteiger partial charge on any atom is 0.192 e. The first kappa shape index (κ1) is 14.3. The van der Waals surface area contributed by atoms with Crippen molar-refractivity contribution < 1.29 is 4.43 Å². The fraction of sp³-hybridized carbons (Fsp3) is 0.769. The Labute approximate surface area is 119 Å². The summed E-state index contributed by atoms with van der Waals surface area (Å²) in [5.74, 6) is 0. The van der Waals surface area contributed by atoms with Gasteiger partial charge in [-0.15, -0.1) is 0 Å². The molecule has 0 spiro atoms. The van der Waals surface area contributed by atoms with Crippen molar-refractivity contribution in [2.75, 3.05) is 0 Å². The fourth-order valence-corrected chi connectivity index (χ4v) is 3.64. The van der Waals surface area contributed by atoms with Crippen LogP contribution in [-0.4, -0.2) is 24.2 Å². The Morgan fingerprint density at radius 1 is 1.39 bits per heavy atom. The molecule has 1 aromatic heterocycles. The highest BCUT2D eigenvalue weighted by molar-refractivity contribution is 9.10. The van der Waals surface area contributed by atoms with Crippen LogP contribution in [-0.2, 0) is 4.43 Å². The van der Waals surface area contributed by atoms with Crippen molar-refractivity contribution in [1.82, 2.24) is 9.78 Å². The summed E-state index contributed by atoms with van der Waals surface area (Å²) in [6, 6.07) is 2.51. The largest absolute Gasteiger partial charge is 0.414 e. The van der Waals surface area contributed by atoms with Crippen LogP contribution in [0.15, 0.2) is 16.9 Å². The number of aromatic nitrogens is 2. The zero-order valence-electron chi connectivity index (χ0n) is 11.9. The van der Waals surface area contributed by atoms with Crippen LogP contribution in [0.3, 0.4) is 0 Å². The molecule has 0 unspecified atom stereocenters. The predicted octanol–water partition coefficient (Wildman–Crippen LogP) is 4.37. The van der Waals surface area contributed by atoms with Gasteiger partial charge in [0.05, 0.1) is 6.04 Å². The molecule has 0 atom stereocenters. The minimum Gasteiger partial charge on any atom is -0.414 e. The first-order chi connectivity index (χ1) is 8.19. The number of hydrogen-bond donors (Lipinski definition) is 0. The maximum atomic E-state index is 6.38. The van der Waals surface area contributed by atoms with Gasteiger partial charge in [-0.05, 0) is 53.0 Å². The number of hydrogen-bond acceptors (Lipinski definition) is 2. The lowest BCUT2D eigenvalue weighted by atomic mass is 9.90. The summed E-state index contributed by atoms with van der Waals surface area (Å²) in [7, 11) is -1.60. The molecule has 0 aliphatic heterocycles. The second-order valence-electron chi connectivity index (χ2n) is 6.74. The van der Waals surface area contributed by atoms with Gasteiger partial charge in [0.1, 0.15) is 4.60 Å². The van der Waals surface area contributed by atoms with E-state index in [-0.39, 0.29) is 0 Å². The van der Waals surface area contributed by atoms with Gasteiger partial charge in [0.15, 0.2) is 8.32 Å². The van der Waals surface area contributed by atoms with E-state index in [0.717, 1.165) is 17.4 Å². The van der Waals surface area contributed by atoms with Gasteiger partial charge in [0.25, 0.3) is 0 Å². The molecule has 1 aliphatic rings. The summed E-state index contributed by atoms with van der Waals surface area (Å²) < 4.78 is 9.35. The zero-order chi connectivity index (χ0) is 13.6. The monoisotopic (exact) mass is 330 g/mol. The molecule has 0 radical (unpaired) electrons. The van der Waals surface area contributed by atoms with Crippen molar-refractivity contribution in [2.45, 2.75) is 63.9 Å². The Morgan fingerprint density at radius 3 is 2.44 bits per heavy atom. The summed E-state index contributed by atoms with van der Waals surface area (Å²) in [5, 5.41) is 4.70. The van der Waals surface area contributed by atoms with E-state index in [1.165, 1.54) is 0 Å². The van der Waals surface area contributed by atoms with Gasteiger partial charge in [-0.2, -0.15) is 5.10 Å². The maximum absolute atomic E-state index is 6.38. The van der Waals surface area contributed by atoms with Crippen LogP contribution in [0.25, 0.3) is 0 Å². The van der Waals surface area contributed by atoms with Crippen LogP contribution < -0.4 is 0 Å². The van der Waals surface area contributed by atoms with Gasteiger partial charge >= 0.3 is 0 Å². The normalized spacial score (nSPS) is 25.0. The molecule has 0 saturated heterocycles. The van der Waals surface area contributed by atoms with Crippen molar-refractivity contribution in [3.05, 3.63) is 16.9 Å². The van der Waals surface area contributed by atoms with Gasteiger partial charge in [0, 0.05) is 12.3 Å². The standard InChI is InChI=1S/C13H23BrN2OSi/c1-13(2,3)18(4,5)17-11-8-10(9-11)16-7-6-12(14)15-16/h6-7,10-11H,8-9H2,1-5H3. The molecule has 1 aliphatic carbocycles. The molecule has 0 bridgehead atoms. The highest BCUT2D eigenvalue weighted by Crippen LogP contribution is 2.42. The predicted molar refractivity (Wildman–Crippen MR) is 80.3 cm³/mol. The van der Waals surface area contributed by atoms with E-state index < -0.39 is 8.32 Å². The Hall–Kier alpha value is -0.133. The second-order valence-corrected chi connectivity index (χ2v) is 12.3. The van der Waals surface area contributed by atoms with Crippen LogP contribution in [0.1, 0.15) is 39.7 Å². The Morgan fingerprint density at radius 2 is 2.00 bits per heavy atom. The van der Waals surface area contributed by atoms with Crippen molar-refractivity contribution in [1.29, 1.82) is 0 Å². The third-order valence-electron chi connectivity index (χ3n) is 4.29. The average molecular weight is 331 g/mol. The van der Waals surface area contributed by atoms with Crippen molar-refractivity contribution in [3.63, 3.8) is 0 Å². The highest BCUT2D eigenvalue weighted by Gasteiger charge is 2.42. The van der Waals surface area contributed by atoms with E-state index >= 15 is 0 Å². The van der Waals surface area contributed by atoms with Gasteiger partial charge in [-0.1, -0.05) is 20.8 Å². The van der Waals surface area contributed by atoms with Crippen molar-refractivity contribution in [2.24, 2.45) is 0 Å². The molecule has 0 aromatic carbocycles. The van der Waals surface area contributed by atoms with Crippen LogP contribution in [0.4, 0.5) is 0 Å². The summed E-state index contributed by atoms with van der Waals surface area (Å²) in [5.41, 5.74) is 0. The van der Waals surface area contributed by atoms with Gasteiger partial charge < -0.3 is 4.43 Å². The SMILES string of the molecule is CC(C)(C)[Si](C)(C)OC1CC(n2ccc(Br)n2)C1. The second kappa shape index (κ2) is 4.76. The minimum atomic E-state index is -1.60. The molecular formula is C13H23BrN2OSi. The molecular weight excluding hydrogens is 308 g/mol. The van der Waals surface area contributed by atoms with Crippen LogP contribution in [0.5, 0.6) is 0 Å². The van der Waals surface area contributed by atoms with Gasteiger partial charge in [-0.3, -0.25) is 4.68 Å². The van der Waals surface area contributed by atoms with Crippen LogP contribution >= 0.6 is 15.9 Å².